The van der Waals surface area contributed by atoms with Gasteiger partial charge in [0.15, 0.2) is 0 Å². The molecule has 48 heavy (non-hydrogen) atoms. The number of ketones is 1. The highest BCUT2D eigenvalue weighted by Gasteiger charge is 2.39. The molecule has 15 heteroatoms. The number of carbonyl (C=O) groups excluding carboxylic acids is 4. The lowest BCUT2D eigenvalue weighted by Gasteiger charge is -2.38. The molecule has 3 aliphatic heterocycles. The first-order valence-electron chi connectivity index (χ1n) is 16.8. The van der Waals surface area contributed by atoms with Gasteiger partial charge in [-0.1, -0.05) is 6.92 Å². The van der Waals surface area contributed by atoms with Gasteiger partial charge in [0, 0.05) is 69.9 Å². The van der Waals surface area contributed by atoms with E-state index < -0.39 is 40.0 Å². The summed E-state index contributed by atoms with van der Waals surface area (Å²) in [6.45, 7) is 21.9. The normalized spacial score (nSPS) is 19.5. The minimum Gasteiger partial charge on any atom is -0.444 e. The molecule has 0 aliphatic carbocycles. The second-order valence-corrected chi connectivity index (χ2v) is 16.2. The average Bonchev–Trinajstić information content (AvgIpc) is 2.91. The number of Topliss-reactive ketones (excluding diaryl/α,β-unsaturated/α-hetero) is 1. The molecule has 0 unspecified atom stereocenters. The second kappa shape index (κ2) is 17.5. The predicted molar refractivity (Wildman–Crippen MR) is 180 cm³/mol. The Bertz CT molecular complexity index is 1080. The van der Waals surface area contributed by atoms with Crippen LogP contribution in [-0.2, 0) is 19.0 Å². The van der Waals surface area contributed by atoms with Crippen molar-refractivity contribution in [3.63, 3.8) is 0 Å². The van der Waals surface area contributed by atoms with Crippen molar-refractivity contribution in [2.45, 2.75) is 130 Å². The summed E-state index contributed by atoms with van der Waals surface area (Å²) in [7, 11) is 0. The van der Waals surface area contributed by atoms with Crippen molar-refractivity contribution in [3.05, 3.63) is 10.1 Å². The van der Waals surface area contributed by atoms with E-state index in [0.717, 1.165) is 25.9 Å². The van der Waals surface area contributed by atoms with Crippen molar-refractivity contribution in [1.29, 1.82) is 0 Å². The molecule has 0 saturated carbocycles. The van der Waals surface area contributed by atoms with E-state index in [1.807, 2.05) is 41.5 Å². The first kappa shape index (κ1) is 42.8. The van der Waals surface area contributed by atoms with Crippen LogP contribution in [0.5, 0.6) is 0 Å². The van der Waals surface area contributed by atoms with Crippen LogP contribution >= 0.6 is 0 Å². The van der Waals surface area contributed by atoms with Crippen LogP contribution in [0.15, 0.2) is 0 Å². The van der Waals surface area contributed by atoms with E-state index in [1.54, 1.807) is 30.6 Å². The Morgan fingerprint density at radius 1 is 0.729 bits per heavy atom. The number of piperidine rings is 3. The van der Waals surface area contributed by atoms with Gasteiger partial charge in [-0.2, -0.15) is 0 Å². The zero-order valence-electron chi connectivity index (χ0n) is 30.9. The van der Waals surface area contributed by atoms with E-state index in [4.69, 9.17) is 19.9 Å². The zero-order valence-corrected chi connectivity index (χ0v) is 30.9. The van der Waals surface area contributed by atoms with E-state index in [9.17, 15) is 34.4 Å². The van der Waals surface area contributed by atoms with Gasteiger partial charge in [0.25, 0.3) is 0 Å². The molecule has 3 N–H and O–H groups in total. The Hall–Kier alpha value is -3.20. The van der Waals surface area contributed by atoms with Crippen LogP contribution in [0.1, 0.15) is 108 Å². The van der Waals surface area contributed by atoms with Gasteiger partial charge >= 0.3 is 18.3 Å². The number of rotatable bonds is 3. The summed E-state index contributed by atoms with van der Waals surface area (Å²) in [5.41, 5.74) is 3.18. The maximum absolute atomic E-state index is 11.8. The summed E-state index contributed by atoms with van der Waals surface area (Å²) < 4.78 is 15.7. The average molecular weight is 688 g/mol. The monoisotopic (exact) mass is 687 g/mol. The van der Waals surface area contributed by atoms with Crippen LogP contribution in [0.2, 0.25) is 0 Å². The standard InChI is InChI=1S/C12H24N2O2.C11H20N2O5.C10H17NO3/c1-11(2,3)16-10(15)14-7-5-12(4,9-13)6-8-14;1-10(2,3)18-9(14)12-6-4-11(15,5-7-12)8-13(16)17;1-10(2,3)14-9(13)11-6-4-8(12)5-7-11/h5-9,13H2,1-4H3;15H,4-8H2,1-3H3;4-7H2,1-3H3. The molecule has 0 atom stereocenters. The van der Waals surface area contributed by atoms with Crippen molar-refractivity contribution in [2.24, 2.45) is 11.1 Å². The summed E-state index contributed by atoms with van der Waals surface area (Å²) >= 11 is 0. The van der Waals surface area contributed by atoms with Gasteiger partial charge in [0.1, 0.15) is 28.2 Å². The van der Waals surface area contributed by atoms with Crippen LogP contribution in [0.25, 0.3) is 0 Å². The number of nitrogens with two attached hydrogens (primary N) is 1. The third-order valence-electron chi connectivity index (χ3n) is 7.86. The molecule has 3 saturated heterocycles. The summed E-state index contributed by atoms with van der Waals surface area (Å²) in [6.07, 6.45) is 2.28. The molecule has 0 aromatic heterocycles. The number of hydrogen-bond acceptors (Lipinski definition) is 11. The molecule has 3 rings (SSSR count). The summed E-state index contributed by atoms with van der Waals surface area (Å²) in [4.78, 5) is 60.7. The molecule has 278 valence electrons. The van der Waals surface area contributed by atoms with Gasteiger partial charge in [0.05, 0.1) is 0 Å². The SMILES string of the molecule is CC(C)(C)OC(=O)N1CCC(=O)CC1.CC(C)(C)OC(=O)N1CCC(O)(C[N+](=O)[O-])CC1.CC1(CN)CCN(C(=O)OC(C)(C)C)CC1. The molecule has 3 heterocycles. The quantitative estimate of drug-likeness (QED) is 0.239. The molecular weight excluding hydrogens is 626 g/mol. The summed E-state index contributed by atoms with van der Waals surface area (Å²) in [6, 6.07) is 0. The Morgan fingerprint density at radius 3 is 1.33 bits per heavy atom. The van der Waals surface area contributed by atoms with Crippen LogP contribution < -0.4 is 5.73 Å². The fourth-order valence-electron chi connectivity index (χ4n) is 4.86. The molecule has 3 amide bonds. The highest BCUT2D eigenvalue weighted by molar-refractivity contribution is 5.81. The number of likely N-dealkylation sites (tertiary alicyclic amines) is 3. The number of nitrogens with zero attached hydrogens (tertiary/aromatic N) is 4. The highest BCUT2D eigenvalue weighted by atomic mass is 16.6. The molecule has 15 nitrogen and oxygen atoms in total. The Kier molecular flexibility index (Phi) is 15.6. The van der Waals surface area contributed by atoms with Gasteiger partial charge in [0.2, 0.25) is 6.54 Å². The van der Waals surface area contributed by atoms with Crippen molar-refractivity contribution in [1.82, 2.24) is 14.7 Å². The summed E-state index contributed by atoms with van der Waals surface area (Å²) in [5, 5.41) is 20.4. The van der Waals surface area contributed by atoms with Gasteiger partial charge in [-0.15, -0.1) is 0 Å². The second-order valence-electron chi connectivity index (χ2n) is 16.2. The lowest BCUT2D eigenvalue weighted by atomic mass is 9.81. The van der Waals surface area contributed by atoms with Gasteiger partial charge < -0.3 is 39.8 Å². The molecular formula is C33H61N5O10. The molecule has 0 radical (unpaired) electrons. The Balaban J connectivity index is 0.000000363. The fraction of sp³-hybridized carbons (Fsp3) is 0.879. The van der Waals surface area contributed by atoms with E-state index >= 15 is 0 Å². The van der Waals surface area contributed by atoms with E-state index in [2.05, 4.69) is 6.92 Å². The van der Waals surface area contributed by atoms with Crippen molar-refractivity contribution < 1.29 is 43.4 Å². The van der Waals surface area contributed by atoms with E-state index in [1.165, 1.54) is 4.90 Å². The predicted octanol–water partition coefficient (Wildman–Crippen LogP) is 4.59. The first-order chi connectivity index (χ1) is 21.8. The number of aliphatic hydroxyl groups is 1. The number of carbonyl (C=O) groups is 4. The van der Waals surface area contributed by atoms with Crippen LogP contribution in [-0.4, -0.2) is 124 Å². The minimum atomic E-state index is -1.30. The molecule has 0 bridgehead atoms. The molecule has 3 aliphatic rings. The molecule has 0 aromatic rings. The van der Waals surface area contributed by atoms with Crippen LogP contribution in [0.3, 0.4) is 0 Å². The third kappa shape index (κ3) is 17.3. The van der Waals surface area contributed by atoms with Crippen LogP contribution in [0.4, 0.5) is 14.4 Å². The summed E-state index contributed by atoms with van der Waals surface area (Å²) in [5.74, 6) is 0.227. The van der Waals surface area contributed by atoms with Crippen LogP contribution in [0, 0.1) is 15.5 Å². The fourth-order valence-corrected chi connectivity index (χ4v) is 4.86. The number of nitro groups is 1. The number of hydrogen-bond donors (Lipinski definition) is 2. The highest BCUT2D eigenvalue weighted by Crippen LogP contribution is 2.30. The maximum atomic E-state index is 11.8. The maximum Gasteiger partial charge on any atom is 0.410 e. The van der Waals surface area contributed by atoms with E-state index in [-0.39, 0.29) is 49.3 Å². The zero-order chi connectivity index (χ0) is 37.1. The van der Waals surface area contributed by atoms with Gasteiger partial charge in [-0.3, -0.25) is 14.9 Å². The van der Waals surface area contributed by atoms with Crippen molar-refractivity contribution >= 4 is 24.1 Å². The third-order valence-corrected chi connectivity index (χ3v) is 7.86. The lowest BCUT2D eigenvalue weighted by molar-refractivity contribution is -0.502. The largest absolute Gasteiger partial charge is 0.444 e. The molecule has 3 fully saturated rings. The Morgan fingerprint density at radius 2 is 1.04 bits per heavy atom. The Labute approximate surface area is 285 Å². The van der Waals surface area contributed by atoms with Crippen molar-refractivity contribution in [2.75, 3.05) is 52.4 Å². The number of ether oxygens (including phenoxy) is 3. The minimum absolute atomic E-state index is 0.193. The number of amides is 3. The molecule has 0 aromatic carbocycles. The lowest BCUT2D eigenvalue weighted by Crippen LogP contribution is -2.50. The smallest absolute Gasteiger partial charge is 0.410 e. The first-order valence-corrected chi connectivity index (χ1v) is 16.8. The van der Waals surface area contributed by atoms with Gasteiger partial charge in [-0.25, -0.2) is 14.4 Å². The van der Waals surface area contributed by atoms with Crippen molar-refractivity contribution in [3.8, 4) is 0 Å². The molecule has 0 spiro atoms. The van der Waals surface area contributed by atoms with E-state index in [0.29, 0.717) is 32.5 Å². The topological polar surface area (TPSA) is 195 Å². The van der Waals surface area contributed by atoms with Gasteiger partial charge in [-0.05, 0) is 87.1 Å².